The summed E-state index contributed by atoms with van der Waals surface area (Å²) >= 11 is 0. The van der Waals surface area contributed by atoms with Gasteiger partial charge in [0.25, 0.3) is 0 Å². The molecule has 1 nitrogen and oxygen atoms in total. The van der Waals surface area contributed by atoms with Crippen molar-refractivity contribution in [1.29, 1.82) is 0 Å². The molecule has 12 atom stereocenters. The number of hydrogen-bond donors (Lipinski definition) is 0. The summed E-state index contributed by atoms with van der Waals surface area (Å²) in [5.74, 6) is 1.61. The van der Waals surface area contributed by atoms with Crippen LogP contribution in [0.4, 0.5) is 0 Å². The van der Waals surface area contributed by atoms with Gasteiger partial charge in [0.1, 0.15) is 0 Å². The summed E-state index contributed by atoms with van der Waals surface area (Å²) in [5.41, 5.74) is 0. The van der Waals surface area contributed by atoms with E-state index in [0.717, 1.165) is 41.8 Å². The van der Waals surface area contributed by atoms with Crippen LogP contribution in [-0.4, -0.2) is 21.3 Å². The average molecular weight is 839 g/mol. The first-order valence-electron chi connectivity index (χ1n) is 22.4. The molecule has 0 bridgehead atoms. The zero-order valence-electron chi connectivity index (χ0n) is 31.4. The van der Waals surface area contributed by atoms with Gasteiger partial charge >= 0.3 is 309 Å². The van der Waals surface area contributed by atoms with Crippen LogP contribution in [-0.2, 0) is 17.8 Å². The molecular weight excluding hydrogens is 790 g/mol. The summed E-state index contributed by atoms with van der Waals surface area (Å²) in [4.78, 5) is 20.9. The summed E-state index contributed by atoms with van der Waals surface area (Å²) in [6, 6.07) is 49.0. The first-order valence-corrected chi connectivity index (χ1v) is 37.5. The van der Waals surface area contributed by atoms with E-state index in [1.165, 1.54) is 77.1 Å². The Balaban J connectivity index is 0.665. The fourth-order valence-electron chi connectivity index (χ4n) is 41.4. The molecule has 2 spiro atoms. The van der Waals surface area contributed by atoms with E-state index < -0.39 is 13.0 Å². The summed E-state index contributed by atoms with van der Waals surface area (Å²) in [6.07, 6.45) is 0. The van der Waals surface area contributed by atoms with Gasteiger partial charge in [0.15, 0.2) is 0 Å². The SMILES string of the molecule is CC(COCC(C)[C@]12[CH]3[CH]4[CH]5[C]1(P(c1ccccc1)c1ccccc1)[Fe]45321678[CH]2[CH]1[CH]6[CH]7[CH]28)[C@]12[CH]3[CH]4[CH]5[C]1(P(c1ccccc1)c1ccccc1)[Fe]45321678[CH]2[CH]1[CH]6[CH]7[CH]28. The molecule has 20 heterocycles. The number of benzene rings is 4. The van der Waals surface area contributed by atoms with Gasteiger partial charge in [0.05, 0.1) is 0 Å². The van der Waals surface area contributed by atoms with Crippen LogP contribution >= 0.6 is 15.8 Å². The van der Waals surface area contributed by atoms with Gasteiger partial charge in [-0.3, -0.25) is 0 Å². The van der Waals surface area contributed by atoms with Gasteiger partial charge in [-0.15, -0.1) is 0 Å². The van der Waals surface area contributed by atoms with Gasteiger partial charge < -0.3 is 0 Å². The van der Waals surface area contributed by atoms with Gasteiger partial charge in [-0.25, -0.2) is 0 Å². The van der Waals surface area contributed by atoms with Crippen molar-refractivity contribution in [2.45, 2.75) is 108 Å². The fourth-order valence-corrected chi connectivity index (χ4v) is 226. The van der Waals surface area contributed by atoms with Crippen molar-refractivity contribution in [3.8, 4) is 0 Å². The molecule has 24 rings (SSSR count). The van der Waals surface area contributed by atoms with E-state index in [1.54, 1.807) is 21.2 Å². The second-order valence-electron chi connectivity index (χ2n) is 27.9. The van der Waals surface area contributed by atoms with Crippen molar-refractivity contribution >= 4 is 37.1 Å². The molecule has 280 valence electrons. The van der Waals surface area contributed by atoms with Crippen LogP contribution in [0.2, 0.25) is 85.7 Å². The molecule has 20 aliphatic rings. The number of ether oxygens (including phenoxy) is 1. The summed E-state index contributed by atoms with van der Waals surface area (Å²) in [5, 5.41) is 7.00. The second-order valence-corrected chi connectivity index (χ2v) is 80.0. The van der Waals surface area contributed by atoms with Gasteiger partial charge in [-0.2, -0.15) is 0 Å². The third-order valence-electron chi connectivity index (χ3n) is 36.7. The van der Waals surface area contributed by atoms with Crippen LogP contribution in [0, 0.1) is 11.8 Å². The Bertz CT molecular complexity index is 3280. The molecule has 10 unspecified atom stereocenters. The van der Waals surface area contributed by atoms with E-state index in [1.807, 2.05) is 0 Å². The van der Waals surface area contributed by atoms with Crippen LogP contribution in [0.15, 0.2) is 121 Å². The zero-order valence-corrected chi connectivity index (χ0v) is 35.4. The average Bonchev–Trinajstić information content (AvgIpc) is 4.09. The van der Waals surface area contributed by atoms with Crippen molar-refractivity contribution in [2.75, 3.05) is 13.2 Å². The first kappa shape index (κ1) is 25.4. The van der Waals surface area contributed by atoms with Crippen molar-refractivity contribution in [1.82, 2.24) is 0 Å². The molecule has 4 aromatic carbocycles. The number of rotatable bonds is 12. The molecule has 5 heteroatoms. The molecule has 4 aromatic rings. The van der Waals surface area contributed by atoms with Crippen LogP contribution in [0.3, 0.4) is 0 Å². The summed E-state index contributed by atoms with van der Waals surface area (Å²) in [7, 11) is -0.584. The molecule has 20 aliphatic heterocycles. The van der Waals surface area contributed by atoms with Crippen molar-refractivity contribution < 1.29 is 17.8 Å². The molecule has 0 amide bonds. The third kappa shape index (κ3) is 0.482. The minimum atomic E-state index is -3.78. The Hall–Kier alpha value is -1.26. The minimum absolute atomic E-state index is 0.292. The number of hydrogen-bond acceptors (Lipinski definition) is 1. The molecule has 0 aromatic heterocycles. The summed E-state index contributed by atoms with van der Waals surface area (Å²) in [6.45, 7) is 0.302. The van der Waals surface area contributed by atoms with E-state index in [2.05, 4.69) is 135 Å². The second kappa shape index (κ2) is 3.27. The maximum atomic E-state index is 7.58. The predicted octanol–water partition coefficient (Wildman–Crippen LogP) is 11.9. The van der Waals surface area contributed by atoms with Crippen LogP contribution in [0.5, 0.6) is 0 Å². The predicted molar refractivity (Wildman–Crippen MR) is 218 cm³/mol. The van der Waals surface area contributed by atoms with Crippen molar-refractivity contribution in [3.63, 3.8) is 0 Å². The van der Waals surface area contributed by atoms with Gasteiger partial charge in [-0.1, -0.05) is 0 Å². The monoisotopic (exact) mass is 838 g/mol. The van der Waals surface area contributed by atoms with E-state index in [9.17, 15) is 0 Å². The standard InChI is InChI=1S/C40H38OP2.2C5H5.2Fe/c1-31(37-25-15-27-39(37)42(33-17-7-3-8-18-33)34-19-9-4-10-20-34)29-41-30-32(2)38-26-16-28-40(38)43(35-21-11-5-12-22-35)36-23-13-6-14-24-36;2*1-2-4-5-3-1;;/h3-28,31-32H,29-30H2,1-2H3;2*1-5H;;. The topological polar surface area (TPSA) is 9.23 Å². The van der Waals surface area contributed by atoms with Gasteiger partial charge in [-0.05, 0) is 0 Å². The third-order valence-corrected chi connectivity index (χ3v) is 137. The van der Waals surface area contributed by atoms with Gasteiger partial charge in [0, 0.05) is 0 Å². The van der Waals surface area contributed by atoms with E-state index in [0.29, 0.717) is 0 Å². The molecule has 55 heavy (non-hydrogen) atoms. The molecular formula is C50H48Fe2OP2. The molecule has 0 radical (unpaired) electrons. The normalized spacial score (nSPS) is 82.4. The molecule has 0 saturated carbocycles. The Kier molecular flexibility index (Phi) is 1.51. The number of fused-ring (bicyclic) bond motifs is 20. The molecule has 0 N–H and O–H groups in total. The van der Waals surface area contributed by atoms with Gasteiger partial charge in [0.2, 0.25) is 0 Å². The molecule has 20 saturated heterocycles. The van der Waals surface area contributed by atoms with Crippen LogP contribution in [0.25, 0.3) is 0 Å². The van der Waals surface area contributed by atoms with E-state index in [4.69, 9.17) is 4.74 Å². The summed E-state index contributed by atoms with van der Waals surface area (Å²) < 4.78 is 10.7. The van der Waals surface area contributed by atoms with Crippen molar-refractivity contribution in [3.05, 3.63) is 121 Å². The zero-order chi connectivity index (χ0) is 34.8. The fraction of sp³-hybridized carbons (Fsp3) is 0.520. The van der Waals surface area contributed by atoms with Crippen molar-refractivity contribution in [2.24, 2.45) is 11.8 Å². The quantitative estimate of drug-likeness (QED) is 0.102. The Morgan fingerprint density at radius 3 is 0.927 bits per heavy atom. The maximum absolute atomic E-state index is 7.58. The van der Waals surface area contributed by atoms with E-state index >= 15 is 0 Å². The van der Waals surface area contributed by atoms with Crippen LogP contribution < -0.4 is 21.2 Å². The van der Waals surface area contributed by atoms with E-state index in [-0.39, 0.29) is 15.8 Å². The Labute approximate surface area is 306 Å². The Morgan fingerprint density at radius 2 is 0.691 bits per heavy atom. The molecule has 20 fully saturated rings. The first-order chi connectivity index (χ1) is 26.6. The molecule has 0 aliphatic carbocycles. The van der Waals surface area contributed by atoms with Crippen LogP contribution in [0.1, 0.15) is 13.8 Å². The Morgan fingerprint density at radius 1 is 0.418 bits per heavy atom.